The molecule has 0 amide bonds. The van der Waals surface area contributed by atoms with Crippen molar-refractivity contribution in [2.75, 3.05) is 6.61 Å². The van der Waals surface area contributed by atoms with Gasteiger partial charge in [0.2, 0.25) is 0 Å². The summed E-state index contributed by atoms with van der Waals surface area (Å²) in [4.78, 5) is 21.3. The third-order valence-corrected chi connectivity index (χ3v) is 2.21. The van der Waals surface area contributed by atoms with Crippen LogP contribution < -0.4 is 0 Å². The van der Waals surface area contributed by atoms with E-state index in [2.05, 4.69) is 0 Å². The van der Waals surface area contributed by atoms with Gasteiger partial charge in [-0.15, -0.1) is 0 Å². The van der Waals surface area contributed by atoms with E-state index in [0.717, 1.165) is 12.1 Å². The van der Waals surface area contributed by atoms with E-state index in [4.69, 9.17) is 21.6 Å². The molecule has 0 fully saturated rings. The largest absolute Gasteiger partial charge is 0.462 e. The molecule has 0 saturated heterocycles. The van der Waals surface area contributed by atoms with E-state index < -0.39 is 16.6 Å². The molecule has 0 bridgehead atoms. The molecule has 0 saturated carbocycles. The van der Waals surface area contributed by atoms with Crippen molar-refractivity contribution in [1.29, 1.82) is 5.26 Å². The first-order valence-electron chi connectivity index (χ1n) is 4.56. The zero-order chi connectivity index (χ0) is 13.0. The van der Waals surface area contributed by atoms with Crippen LogP contribution in [0.25, 0.3) is 0 Å². The first kappa shape index (κ1) is 12.9. The van der Waals surface area contributed by atoms with Crippen LogP contribution in [0.4, 0.5) is 5.69 Å². The highest BCUT2D eigenvalue weighted by Crippen LogP contribution is 2.27. The predicted octanol–water partition coefficient (Wildman–Crippen LogP) is 2.30. The number of nitro groups is 1. The summed E-state index contributed by atoms with van der Waals surface area (Å²) < 4.78 is 4.71. The first-order chi connectivity index (χ1) is 8.01. The molecular weight excluding hydrogens is 248 g/mol. The highest BCUT2D eigenvalue weighted by molar-refractivity contribution is 6.33. The minimum atomic E-state index is -0.737. The maximum atomic E-state index is 11.4. The van der Waals surface area contributed by atoms with Gasteiger partial charge in [0.05, 0.1) is 22.1 Å². The summed E-state index contributed by atoms with van der Waals surface area (Å²) in [6, 6.07) is 3.65. The summed E-state index contributed by atoms with van der Waals surface area (Å²) in [7, 11) is 0. The van der Waals surface area contributed by atoms with Crippen molar-refractivity contribution in [3.05, 3.63) is 38.4 Å². The molecule has 0 aliphatic heterocycles. The number of benzene rings is 1. The Morgan fingerprint density at radius 3 is 2.76 bits per heavy atom. The molecule has 0 heterocycles. The zero-order valence-electron chi connectivity index (χ0n) is 8.77. The van der Waals surface area contributed by atoms with Gasteiger partial charge in [-0.3, -0.25) is 10.1 Å². The molecule has 1 rings (SSSR count). The van der Waals surface area contributed by atoms with Gasteiger partial charge in [0, 0.05) is 6.07 Å². The van der Waals surface area contributed by atoms with Crippen LogP contribution in [0.2, 0.25) is 5.02 Å². The zero-order valence-corrected chi connectivity index (χ0v) is 9.52. The van der Waals surface area contributed by atoms with Crippen LogP contribution >= 0.6 is 11.6 Å². The summed E-state index contributed by atoms with van der Waals surface area (Å²) in [5, 5.41) is 19.2. The fourth-order valence-corrected chi connectivity index (χ4v) is 1.40. The van der Waals surface area contributed by atoms with E-state index in [-0.39, 0.29) is 22.8 Å². The van der Waals surface area contributed by atoms with Gasteiger partial charge in [-0.1, -0.05) is 11.6 Å². The molecule has 0 spiro atoms. The highest BCUT2D eigenvalue weighted by Gasteiger charge is 2.21. The molecule has 0 aromatic heterocycles. The Bertz CT molecular complexity index is 522. The number of ether oxygens (including phenoxy) is 1. The molecule has 0 radical (unpaired) electrons. The fourth-order valence-electron chi connectivity index (χ4n) is 1.17. The number of carbonyl (C=O) groups is 1. The molecule has 1 aromatic rings. The lowest BCUT2D eigenvalue weighted by Gasteiger charge is -2.04. The number of carbonyl (C=O) groups excluding carboxylic acids is 1. The van der Waals surface area contributed by atoms with Gasteiger partial charge in [0.25, 0.3) is 5.69 Å². The summed E-state index contributed by atoms with van der Waals surface area (Å²) in [5.41, 5.74) is -0.733. The lowest BCUT2D eigenvalue weighted by Crippen LogP contribution is -2.06. The van der Waals surface area contributed by atoms with Crippen LogP contribution in [-0.4, -0.2) is 17.5 Å². The van der Waals surface area contributed by atoms with Gasteiger partial charge >= 0.3 is 5.97 Å². The van der Waals surface area contributed by atoms with E-state index in [1.54, 1.807) is 13.0 Å². The standard InChI is InChI=1S/C10H7ClN2O4/c1-2-17-10(14)7-3-6(5-12)9(13(15)16)4-8(7)11/h3-4H,2H2,1H3. The maximum Gasteiger partial charge on any atom is 0.339 e. The van der Waals surface area contributed by atoms with Crippen molar-refractivity contribution in [1.82, 2.24) is 0 Å². The Morgan fingerprint density at radius 1 is 1.65 bits per heavy atom. The minimum absolute atomic E-state index is 0.0596. The minimum Gasteiger partial charge on any atom is -0.462 e. The number of nitriles is 1. The molecule has 6 nitrogen and oxygen atoms in total. The molecular formula is C10H7ClN2O4. The predicted molar refractivity (Wildman–Crippen MR) is 58.8 cm³/mol. The third kappa shape index (κ3) is 2.71. The number of esters is 1. The Kier molecular flexibility index (Phi) is 4.01. The second kappa shape index (κ2) is 5.27. The van der Waals surface area contributed by atoms with Crippen LogP contribution in [-0.2, 0) is 4.74 Å². The van der Waals surface area contributed by atoms with Gasteiger partial charge in [-0.05, 0) is 13.0 Å². The van der Waals surface area contributed by atoms with Gasteiger partial charge in [-0.25, -0.2) is 4.79 Å². The van der Waals surface area contributed by atoms with Crippen molar-refractivity contribution >= 4 is 23.3 Å². The van der Waals surface area contributed by atoms with E-state index in [1.165, 1.54) is 0 Å². The van der Waals surface area contributed by atoms with Crippen LogP contribution in [0.5, 0.6) is 0 Å². The summed E-state index contributed by atoms with van der Waals surface area (Å²) in [6.45, 7) is 1.76. The molecule has 17 heavy (non-hydrogen) atoms. The Balaban J connectivity index is 3.33. The smallest absolute Gasteiger partial charge is 0.339 e. The Hall–Kier alpha value is -2.13. The fraction of sp³-hybridized carbons (Fsp3) is 0.200. The molecule has 0 aliphatic rings. The van der Waals surface area contributed by atoms with Crippen molar-refractivity contribution < 1.29 is 14.5 Å². The molecule has 7 heteroatoms. The van der Waals surface area contributed by atoms with Crippen LogP contribution in [0, 0.1) is 21.4 Å². The van der Waals surface area contributed by atoms with Crippen LogP contribution in [0.3, 0.4) is 0 Å². The number of hydrogen-bond acceptors (Lipinski definition) is 5. The molecule has 88 valence electrons. The van der Waals surface area contributed by atoms with E-state index in [1.807, 2.05) is 0 Å². The number of nitro benzene ring substituents is 1. The Labute approximate surface area is 102 Å². The monoisotopic (exact) mass is 254 g/mol. The second-order valence-corrected chi connectivity index (χ2v) is 3.35. The SMILES string of the molecule is CCOC(=O)c1cc(C#N)c([N+](=O)[O-])cc1Cl. The van der Waals surface area contributed by atoms with Gasteiger partial charge in [-0.2, -0.15) is 5.26 Å². The van der Waals surface area contributed by atoms with Gasteiger partial charge in [0.15, 0.2) is 0 Å². The average molecular weight is 255 g/mol. The first-order valence-corrected chi connectivity index (χ1v) is 4.94. The van der Waals surface area contributed by atoms with Gasteiger partial charge in [0.1, 0.15) is 11.6 Å². The summed E-state index contributed by atoms with van der Waals surface area (Å²) in [6.07, 6.45) is 0. The normalized spacial score (nSPS) is 9.47. The highest BCUT2D eigenvalue weighted by atomic mass is 35.5. The number of nitrogens with zero attached hydrogens (tertiary/aromatic N) is 2. The topological polar surface area (TPSA) is 93.2 Å². The third-order valence-electron chi connectivity index (χ3n) is 1.90. The lowest BCUT2D eigenvalue weighted by atomic mass is 10.1. The molecule has 1 aromatic carbocycles. The number of hydrogen-bond donors (Lipinski definition) is 0. The maximum absolute atomic E-state index is 11.4. The molecule has 0 atom stereocenters. The van der Waals surface area contributed by atoms with E-state index in [9.17, 15) is 14.9 Å². The molecule has 0 aliphatic carbocycles. The lowest BCUT2D eigenvalue weighted by molar-refractivity contribution is -0.385. The quantitative estimate of drug-likeness (QED) is 0.469. The van der Waals surface area contributed by atoms with Crippen molar-refractivity contribution in [2.45, 2.75) is 6.92 Å². The number of halogens is 1. The van der Waals surface area contributed by atoms with Crippen molar-refractivity contribution in [3.63, 3.8) is 0 Å². The number of rotatable bonds is 3. The summed E-state index contributed by atoms with van der Waals surface area (Å²) >= 11 is 5.72. The van der Waals surface area contributed by atoms with Gasteiger partial charge < -0.3 is 4.74 Å². The Morgan fingerprint density at radius 2 is 2.29 bits per heavy atom. The van der Waals surface area contributed by atoms with Crippen LogP contribution in [0.1, 0.15) is 22.8 Å². The summed E-state index contributed by atoms with van der Waals surface area (Å²) in [5.74, 6) is -0.719. The average Bonchev–Trinajstić information content (AvgIpc) is 2.28. The van der Waals surface area contributed by atoms with Crippen LogP contribution in [0.15, 0.2) is 12.1 Å². The van der Waals surface area contributed by atoms with E-state index in [0.29, 0.717) is 0 Å². The second-order valence-electron chi connectivity index (χ2n) is 2.94. The van der Waals surface area contributed by atoms with Crippen molar-refractivity contribution in [3.8, 4) is 6.07 Å². The van der Waals surface area contributed by atoms with E-state index >= 15 is 0 Å². The van der Waals surface area contributed by atoms with Crippen molar-refractivity contribution in [2.24, 2.45) is 0 Å². The molecule has 0 unspecified atom stereocenters. The molecule has 0 N–H and O–H groups in total.